The summed E-state index contributed by atoms with van der Waals surface area (Å²) < 4.78 is 0. The zero-order valence-electron chi connectivity index (χ0n) is 16.1. The third kappa shape index (κ3) is 4.81. The van der Waals surface area contributed by atoms with Crippen LogP contribution in [0.3, 0.4) is 0 Å². The fourth-order valence-electron chi connectivity index (χ4n) is 3.28. The predicted octanol–water partition coefficient (Wildman–Crippen LogP) is 6.08. The molecule has 0 bridgehead atoms. The van der Waals surface area contributed by atoms with Gasteiger partial charge in [0.25, 0.3) is 0 Å². The minimum atomic E-state index is -0.0793. The van der Waals surface area contributed by atoms with E-state index in [1.165, 1.54) is 11.1 Å². The molecular weight excluding hydrogens is 294 g/mol. The van der Waals surface area contributed by atoms with Gasteiger partial charge >= 0.3 is 0 Å². The molecule has 0 N–H and O–H groups in total. The van der Waals surface area contributed by atoms with Gasteiger partial charge in [-0.05, 0) is 57.6 Å². The standard InChI is InChI=1S/C22H33NO/c1-17(2)21(20-15-11-8-12-16-20)23(22(4,5)6)24-18(3)19-13-9-7-10-14-19/h7-9,11-13,15-18,21H,10,14H2,1-6H3. The summed E-state index contributed by atoms with van der Waals surface area (Å²) in [6, 6.07) is 11.0. The molecule has 1 aromatic rings. The Morgan fingerprint density at radius 3 is 2.21 bits per heavy atom. The molecule has 2 nitrogen and oxygen atoms in total. The van der Waals surface area contributed by atoms with Crippen LogP contribution >= 0.6 is 0 Å². The molecule has 2 atom stereocenters. The van der Waals surface area contributed by atoms with Gasteiger partial charge in [-0.2, -0.15) is 5.06 Å². The molecule has 0 fully saturated rings. The largest absolute Gasteiger partial charge is 0.290 e. The summed E-state index contributed by atoms with van der Waals surface area (Å²) in [4.78, 5) is 6.56. The van der Waals surface area contributed by atoms with E-state index in [9.17, 15) is 0 Å². The summed E-state index contributed by atoms with van der Waals surface area (Å²) in [5.74, 6) is 0.457. The van der Waals surface area contributed by atoms with Gasteiger partial charge in [0.1, 0.15) is 0 Å². The van der Waals surface area contributed by atoms with Crippen LogP contribution in [0.25, 0.3) is 0 Å². The Morgan fingerprint density at radius 1 is 1.04 bits per heavy atom. The van der Waals surface area contributed by atoms with Crippen molar-refractivity contribution in [3.63, 3.8) is 0 Å². The molecule has 1 aromatic carbocycles. The third-order valence-corrected chi connectivity index (χ3v) is 4.53. The summed E-state index contributed by atoms with van der Waals surface area (Å²) in [5.41, 5.74) is 2.61. The average molecular weight is 328 g/mol. The third-order valence-electron chi connectivity index (χ3n) is 4.53. The van der Waals surface area contributed by atoms with Crippen molar-refractivity contribution in [3.05, 3.63) is 59.7 Å². The van der Waals surface area contributed by atoms with Gasteiger partial charge in [0.05, 0.1) is 12.1 Å². The smallest absolute Gasteiger partial charge is 0.0978 e. The highest BCUT2D eigenvalue weighted by molar-refractivity contribution is 5.21. The maximum absolute atomic E-state index is 6.56. The second-order valence-electron chi connectivity index (χ2n) is 8.05. The van der Waals surface area contributed by atoms with E-state index in [1.54, 1.807) is 0 Å². The van der Waals surface area contributed by atoms with Crippen LogP contribution < -0.4 is 0 Å². The molecule has 0 spiro atoms. The number of hydrogen-bond acceptors (Lipinski definition) is 2. The quantitative estimate of drug-likeness (QED) is 0.587. The number of hydrogen-bond donors (Lipinski definition) is 0. The topological polar surface area (TPSA) is 12.5 Å². The van der Waals surface area contributed by atoms with Gasteiger partial charge in [0, 0.05) is 5.54 Å². The van der Waals surface area contributed by atoms with Crippen LogP contribution in [-0.4, -0.2) is 16.7 Å². The van der Waals surface area contributed by atoms with Crippen LogP contribution in [0, 0.1) is 5.92 Å². The van der Waals surface area contributed by atoms with Crippen molar-refractivity contribution in [1.82, 2.24) is 5.06 Å². The number of hydroxylamine groups is 2. The predicted molar refractivity (Wildman–Crippen MR) is 103 cm³/mol. The first-order chi connectivity index (χ1) is 11.3. The van der Waals surface area contributed by atoms with Crippen LogP contribution in [-0.2, 0) is 4.84 Å². The highest BCUT2D eigenvalue weighted by Crippen LogP contribution is 2.36. The molecule has 2 unspecified atom stereocenters. The van der Waals surface area contributed by atoms with Gasteiger partial charge in [-0.1, -0.05) is 62.4 Å². The summed E-state index contributed by atoms with van der Waals surface area (Å²) in [6.07, 6.45) is 8.88. The van der Waals surface area contributed by atoms with Crippen LogP contribution in [0.2, 0.25) is 0 Å². The van der Waals surface area contributed by atoms with Crippen molar-refractivity contribution in [2.75, 3.05) is 0 Å². The van der Waals surface area contributed by atoms with Crippen LogP contribution in [0.1, 0.15) is 66.0 Å². The second-order valence-corrected chi connectivity index (χ2v) is 8.05. The van der Waals surface area contributed by atoms with E-state index in [0.29, 0.717) is 5.92 Å². The summed E-state index contributed by atoms with van der Waals surface area (Å²) in [5, 5.41) is 2.22. The van der Waals surface area contributed by atoms with Gasteiger partial charge < -0.3 is 0 Å². The van der Waals surface area contributed by atoms with E-state index in [2.05, 4.69) is 95.2 Å². The maximum Gasteiger partial charge on any atom is 0.0978 e. The van der Waals surface area contributed by atoms with E-state index in [-0.39, 0.29) is 17.7 Å². The van der Waals surface area contributed by atoms with E-state index >= 15 is 0 Å². The molecule has 24 heavy (non-hydrogen) atoms. The average Bonchev–Trinajstić information content (AvgIpc) is 2.55. The lowest BCUT2D eigenvalue weighted by Crippen LogP contribution is -2.47. The summed E-state index contributed by atoms with van der Waals surface area (Å²) >= 11 is 0. The molecule has 0 aromatic heterocycles. The van der Waals surface area contributed by atoms with E-state index in [4.69, 9.17) is 4.84 Å². The Bertz CT molecular complexity index is 565. The molecular formula is C22H33NO. The molecule has 0 saturated carbocycles. The van der Waals surface area contributed by atoms with Crippen molar-refractivity contribution < 1.29 is 4.84 Å². The molecule has 0 aliphatic heterocycles. The fourth-order valence-corrected chi connectivity index (χ4v) is 3.28. The van der Waals surface area contributed by atoms with Crippen molar-refractivity contribution in [1.29, 1.82) is 0 Å². The van der Waals surface area contributed by atoms with Gasteiger partial charge in [0.15, 0.2) is 0 Å². The normalized spacial score (nSPS) is 17.9. The summed E-state index contributed by atoms with van der Waals surface area (Å²) in [6.45, 7) is 13.4. The SMILES string of the molecule is CC(ON(C(c1ccccc1)C(C)C)C(C)(C)C)C1=CC=CCC1. The van der Waals surface area contributed by atoms with Crippen molar-refractivity contribution in [3.8, 4) is 0 Å². The van der Waals surface area contributed by atoms with Gasteiger partial charge in [-0.3, -0.25) is 4.84 Å². The lowest BCUT2D eigenvalue weighted by atomic mass is 9.92. The van der Waals surface area contributed by atoms with Gasteiger partial charge in [-0.25, -0.2) is 0 Å². The highest BCUT2D eigenvalue weighted by Gasteiger charge is 2.34. The molecule has 2 rings (SSSR count). The number of benzene rings is 1. The Balaban J connectivity index is 2.29. The molecule has 1 aliphatic rings. The van der Waals surface area contributed by atoms with E-state index in [0.717, 1.165) is 12.8 Å². The van der Waals surface area contributed by atoms with Crippen molar-refractivity contribution >= 4 is 0 Å². The van der Waals surface area contributed by atoms with E-state index in [1.807, 2.05) is 0 Å². The minimum absolute atomic E-state index is 0.0793. The lowest BCUT2D eigenvalue weighted by molar-refractivity contribution is -0.262. The molecule has 0 radical (unpaired) electrons. The highest BCUT2D eigenvalue weighted by atomic mass is 16.7. The zero-order valence-corrected chi connectivity index (χ0v) is 16.1. The van der Waals surface area contributed by atoms with Crippen LogP contribution in [0.4, 0.5) is 0 Å². The van der Waals surface area contributed by atoms with Crippen LogP contribution in [0.5, 0.6) is 0 Å². The molecule has 0 saturated heterocycles. The molecule has 2 heteroatoms. The molecule has 0 amide bonds. The lowest BCUT2D eigenvalue weighted by Gasteiger charge is -2.44. The first-order valence-electron chi connectivity index (χ1n) is 9.17. The Hall–Kier alpha value is -1.38. The molecule has 0 heterocycles. The van der Waals surface area contributed by atoms with Crippen LogP contribution in [0.15, 0.2) is 54.1 Å². The first-order valence-corrected chi connectivity index (χ1v) is 9.17. The number of nitrogens with zero attached hydrogens (tertiary/aromatic N) is 1. The van der Waals surface area contributed by atoms with Crippen molar-refractivity contribution in [2.45, 2.75) is 72.1 Å². The zero-order chi connectivity index (χ0) is 17.7. The number of allylic oxidation sites excluding steroid dienone is 3. The maximum atomic E-state index is 6.56. The van der Waals surface area contributed by atoms with Gasteiger partial charge in [-0.15, -0.1) is 0 Å². The Labute approximate surface area is 148 Å². The molecule has 132 valence electrons. The molecule has 1 aliphatic carbocycles. The van der Waals surface area contributed by atoms with E-state index < -0.39 is 0 Å². The first kappa shape index (κ1) is 19.0. The monoisotopic (exact) mass is 327 g/mol. The van der Waals surface area contributed by atoms with Gasteiger partial charge in [0.2, 0.25) is 0 Å². The fraction of sp³-hybridized carbons (Fsp3) is 0.545. The van der Waals surface area contributed by atoms with Crippen molar-refractivity contribution in [2.24, 2.45) is 5.92 Å². The number of rotatable bonds is 6. The second kappa shape index (κ2) is 8.13. The Morgan fingerprint density at radius 2 is 1.71 bits per heavy atom. The summed E-state index contributed by atoms with van der Waals surface area (Å²) in [7, 11) is 0. The Kier molecular flexibility index (Phi) is 6.42. The minimum Gasteiger partial charge on any atom is -0.290 e.